The fourth-order valence-electron chi connectivity index (χ4n) is 3.16. The molecular weight excluding hydrogens is 389 g/mol. The van der Waals surface area contributed by atoms with Crippen LogP contribution in [0.3, 0.4) is 0 Å². The number of carbonyl (C=O) groups excluding carboxylic acids is 1. The summed E-state index contributed by atoms with van der Waals surface area (Å²) >= 11 is 0. The molecule has 1 aliphatic heterocycles. The van der Waals surface area contributed by atoms with E-state index in [-0.39, 0.29) is 30.6 Å². The molecule has 1 saturated carbocycles. The Morgan fingerprint density at radius 2 is 2.10 bits per heavy atom. The van der Waals surface area contributed by atoms with Crippen LogP contribution in [0.15, 0.2) is 12.1 Å². The van der Waals surface area contributed by atoms with Gasteiger partial charge in [0.1, 0.15) is 11.4 Å². The SMILES string of the molecule is COC1CN(c2ccc(C(=O)N[C@@H](C)C(C)COCCCF)nc2OCC2CC2)C1. The van der Waals surface area contributed by atoms with Crippen LogP contribution in [0, 0.1) is 11.8 Å². The zero-order chi connectivity index (χ0) is 21.5. The van der Waals surface area contributed by atoms with E-state index in [0.717, 1.165) is 18.8 Å². The first kappa shape index (κ1) is 22.7. The molecule has 0 aromatic carbocycles. The number of hydrogen-bond acceptors (Lipinski definition) is 6. The highest BCUT2D eigenvalue weighted by Gasteiger charge is 2.31. The topological polar surface area (TPSA) is 72.9 Å². The largest absolute Gasteiger partial charge is 0.476 e. The van der Waals surface area contributed by atoms with Crippen LogP contribution in [0.25, 0.3) is 0 Å². The van der Waals surface area contributed by atoms with Gasteiger partial charge in [0, 0.05) is 32.8 Å². The van der Waals surface area contributed by atoms with E-state index in [0.29, 0.717) is 43.7 Å². The van der Waals surface area contributed by atoms with Crippen LogP contribution in [0.2, 0.25) is 0 Å². The van der Waals surface area contributed by atoms with Crippen molar-refractivity contribution in [2.75, 3.05) is 51.6 Å². The maximum Gasteiger partial charge on any atom is 0.270 e. The number of anilines is 1. The maximum atomic E-state index is 12.7. The van der Waals surface area contributed by atoms with Crippen molar-refractivity contribution in [3.63, 3.8) is 0 Å². The van der Waals surface area contributed by atoms with Crippen molar-refractivity contribution in [2.45, 2.75) is 45.3 Å². The molecule has 2 heterocycles. The Morgan fingerprint density at radius 3 is 2.77 bits per heavy atom. The number of alkyl halides is 1. The highest BCUT2D eigenvalue weighted by molar-refractivity contribution is 5.93. The molecule has 2 atom stereocenters. The van der Waals surface area contributed by atoms with Gasteiger partial charge in [-0.15, -0.1) is 0 Å². The Balaban J connectivity index is 1.59. The lowest BCUT2D eigenvalue weighted by Crippen LogP contribution is -2.52. The minimum Gasteiger partial charge on any atom is -0.476 e. The Hall–Kier alpha value is -1.93. The summed E-state index contributed by atoms with van der Waals surface area (Å²) in [7, 11) is 1.71. The van der Waals surface area contributed by atoms with Crippen molar-refractivity contribution >= 4 is 11.6 Å². The van der Waals surface area contributed by atoms with Crippen LogP contribution in [0.1, 0.15) is 43.6 Å². The molecule has 1 N–H and O–H groups in total. The molecule has 30 heavy (non-hydrogen) atoms. The number of amides is 1. The van der Waals surface area contributed by atoms with E-state index >= 15 is 0 Å². The molecule has 2 fully saturated rings. The van der Waals surface area contributed by atoms with Crippen LogP contribution < -0.4 is 15.0 Å². The molecule has 8 heteroatoms. The van der Waals surface area contributed by atoms with Crippen molar-refractivity contribution in [3.05, 3.63) is 17.8 Å². The Labute approximate surface area is 178 Å². The van der Waals surface area contributed by atoms with Crippen molar-refractivity contribution < 1.29 is 23.4 Å². The first-order valence-electron chi connectivity index (χ1n) is 10.9. The van der Waals surface area contributed by atoms with Crippen molar-refractivity contribution in [1.82, 2.24) is 10.3 Å². The highest BCUT2D eigenvalue weighted by atomic mass is 19.1. The van der Waals surface area contributed by atoms with Crippen LogP contribution in [-0.4, -0.2) is 69.7 Å². The van der Waals surface area contributed by atoms with E-state index in [4.69, 9.17) is 14.2 Å². The molecule has 2 aliphatic rings. The third kappa shape index (κ3) is 6.28. The van der Waals surface area contributed by atoms with Gasteiger partial charge in [-0.2, -0.15) is 0 Å². The number of rotatable bonds is 13. The number of carbonyl (C=O) groups is 1. The first-order valence-corrected chi connectivity index (χ1v) is 10.9. The van der Waals surface area contributed by atoms with Gasteiger partial charge in [-0.05, 0) is 50.2 Å². The lowest BCUT2D eigenvalue weighted by atomic mass is 10.0. The molecule has 1 unspecified atom stereocenters. The maximum absolute atomic E-state index is 12.7. The van der Waals surface area contributed by atoms with Gasteiger partial charge in [0.25, 0.3) is 5.91 Å². The van der Waals surface area contributed by atoms with Gasteiger partial charge < -0.3 is 24.4 Å². The molecule has 0 radical (unpaired) electrons. The normalized spacial score (nSPS) is 18.6. The number of nitrogens with zero attached hydrogens (tertiary/aromatic N) is 2. The summed E-state index contributed by atoms with van der Waals surface area (Å²) in [6.07, 6.45) is 3.00. The van der Waals surface area contributed by atoms with E-state index in [2.05, 4.69) is 15.2 Å². The average molecular weight is 424 g/mol. The Kier molecular flexibility index (Phi) is 8.27. The highest BCUT2D eigenvalue weighted by Crippen LogP contribution is 2.34. The first-order chi connectivity index (χ1) is 14.5. The van der Waals surface area contributed by atoms with Gasteiger partial charge in [0.05, 0.1) is 26.0 Å². The molecule has 3 rings (SSSR count). The summed E-state index contributed by atoms with van der Waals surface area (Å²) in [6.45, 7) is 6.64. The van der Waals surface area contributed by atoms with Crippen molar-refractivity contribution in [1.29, 1.82) is 0 Å². The molecule has 1 aromatic rings. The number of ether oxygens (including phenoxy) is 3. The third-order valence-electron chi connectivity index (χ3n) is 5.76. The summed E-state index contributed by atoms with van der Waals surface area (Å²) in [5.41, 5.74) is 1.24. The monoisotopic (exact) mass is 423 g/mol. The molecule has 0 spiro atoms. The number of hydrogen-bond donors (Lipinski definition) is 1. The summed E-state index contributed by atoms with van der Waals surface area (Å²) in [5.74, 6) is 0.975. The van der Waals surface area contributed by atoms with Crippen molar-refractivity contribution in [3.8, 4) is 5.88 Å². The molecule has 1 saturated heterocycles. The molecule has 168 valence electrons. The molecule has 1 aromatic heterocycles. The smallest absolute Gasteiger partial charge is 0.270 e. The summed E-state index contributed by atoms with van der Waals surface area (Å²) in [5, 5.41) is 2.99. The van der Waals surface area contributed by atoms with Gasteiger partial charge in [-0.1, -0.05) is 6.92 Å². The predicted molar refractivity (Wildman–Crippen MR) is 113 cm³/mol. The molecule has 0 bridgehead atoms. The van der Waals surface area contributed by atoms with Gasteiger partial charge in [0.2, 0.25) is 5.88 Å². The summed E-state index contributed by atoms with van der Waals surface area (Å²) in [4.78, 5) is 19.4. The van der Waals surface area contributed by atoms with Crippen LogP contribution in [0.5, 0.6) is 5.88 Å². The quantitative estimate of drug-likeness (QED) is 0.492. The fourth-order valence-corrected chi connectivity index (χ4v) is 3.16. The second-order valence-electron chi connectivity index (χ2n) is 8.39. The van der Waals surface area contributed by atoms with Gasteiger partial charge >= 0.3 is 0 Å². The zero-order valence-electron chi connectivity index (χ0n) is 18.2. The summed E-state index contributed by atoms with van der Waals surface area (Å²) < 4.78 is 29.0. The van der Waals surface area contributed by atoms with E-state index in [1.165, 1.54) is 12.8 Å². The van der Waals surface area contributed by atoms with Crippen molar-refractivity contribution in [2.24, 2.45) is 11.8 Å². The zero-order valence-corrected chi connectivity index (χ0v) is 18.2. The second kappa shape index (κ2) is 10.9. The number of methoxy groups -OCH3 is 1. The predicted octanol–water partition coefficient (Wildman–Crippen LogP) is 2.84. The molecule has 7 nitrogen and oxygen atoms in total. The number of aromatic nitrogens is 1. The Morgan fingerprint density at radius 1 is 1.33 bits per heavy atom. The third-order valence-corrected chi connectivity index (χ3v) is 5.76. The number of pyridine rings is 1. The lowest BCUT2D eigenvalue weighted by molar-refractivity contribution is 0.0777. The molecule has 1 amide bonds. The minimum atomic E-state index is -0.378. The van der Waals surface area contributed by atoms with E-state index in [1.807, 2.05) is 19.9 Å². The lowest BCUT2D eigenvalue weighted by Gasteiger charge is -2.40. The minimum absolute atomic E-state index is 0.0990. The standard InChI is InChI=1S/C22H34FN3O4/c1-15(13-29-10-4-9-23)16(2)24-21(27)19-7-8-20(26-11-18(12-26)28-3)22(25-19)30-14-17-5-6-17/h7-8,15-18H,4-6,9-14H2,1-3H3,(H,24,27)/t15?,16-/m0/s1. The van der Waals surface area contributed by atoms with E-state index < -0.39 is 0 Å². The second-order valence-corrected chi connectivity index (χ2v) is 8.39. The van der Waals surface area contributed by atoms with Crippen LogP contribution in [0.4, 0.5) is 10.1 Å². The van der Waals surface area contributed by atoms with Gasteiger partial charge in [-0.3, -0.25) is 9.18 Å². The number of nitrogens with one attached hydrogen (secondary N) is 1. The molecular formula is C22H34FN3O4. The van der Waals surface area contributed by atoms with E-state index in [9.17, 15) is 9.18 Å². The van der Waals surface area contributed by atoms with Crippen LogP contribution in [-0.2, 0) is 9.47 Å². The summed E-state index contributed by atoms with van der Waals surface area (Å²) in [6, 6.07) is 3.55. The average Bonchev–Trinajstić information content (AvgIpc) is 3.53. The Bertz CT molecular complexity index is 695. The van der Waals surface area contributed by atoms with E-state index in [1.54, 1.807) is 13.2 Å². The fraction of sp³-hybridized carbons (Fsp3) is 0.727. The van der Waals surface area contributed by atoms with Gasteiger partial charge in [0.15, 0.2) is 0 Å². The molecule has 1 aliphatic carbocycles. The van der Waals surface area contributed by atoms with Crippen LogP contribution >= 0.6 is 0 Å². The van der Waals surface area contributed by atoms with Gasteiger partial charge in [-0.25, -0.2) is 4.98 Å². The number of halogens is 1.